The number of aryl methyl sites for hydroxylation is 2. The molecular formula is C11H15N3O3S. The van der Waals surface area contributed by atoms with Gasteiger partial charge in [0.2, 0.25) is 0 Å². The van der Waals surface area contributed by atoms with E-state index in [1.54, 1.807) is 20.0 Å². The lowest BCUT2D eigenvalue weighted by molar-refractivity contribution is -0.143. The third-order valence-corrected chi connectivity index (χ3v) is 4.21. The van der Waals surface area contributed by atoms with Crippen LogP contribution in [0.15, 0.2) is 6.07 Å². The highest BCUT2D eigenvalue weighted by atomic mass is 32.2. The number of carbonyl (C=O) groups excluding carboxylic acids is 1. The predicted octanol–water partition coefficient (Wildman–Crippen LogP) is 0.419. The Kier molecular flexibility index (Phi) is 3.34. The molecule has 6 nitrogen and oxygen atoms in total. The topological polar surface area (TPSA) is 84.2 Å². The number of rotatable bonds is 3. The van der Waals surface area contributed by atoms with Gasteiger partial charge in [0.1, 0.15) is 11.2 Å². The van der Waals surface area contributed by atoms with E-state index >= 15 is 0 Å². The lowest BCUT2D eigenvalue weighted by atomic mass is 9.99. The third-order valence-electron chi connectivity index (χ3n) is 3.02. The van der Waals surface area contributed by atoms with E-state index in [0.717, 1.165) is 11.4 Å². The molecule has 1 aromatic rings. The maximum absolute atomic E-state index is 12.1. The Morgan fingerprint density at radius 2 is 2.33 bits per heavy atom. The van der Waals surface area contributed by atoms with Crippen molar-refractivity contribution < 1.29 is 14.7 Å². The molecule has 2 N–H and O–H groups in total. The summed E-state index contributed by atoms with van der Waals surface area (Å²) in [6, 6.07) is 1.65. The second-order valence-electron chi connectivity index (χ2n) is 4.44. The number of aliphatic carboxylic acids is 1. The molecule has 18 heavy (non-hydrogen) atoms. The molecule has 0 radical (unpaired) electrons. The summed E-state index contributed by atoms with van der Waals surface area (Å²) >= 11 is 1.54. The number of hydrogen-bond donors (Lipinski definition) is 2. The molecule has 0 aliphatic carbocycles. The first kappa shape index (κ1) is 12.9. The van der Waals surface area contributed by atoms with Gasteiger partial charge in [0.05, 0.1) is 5.69 Å². The van der Waals surface area contributed by atoms with Gasteiger partial charge < -0.3 is 10.4 Å². The van der Waals surface area contributed by atoms with Crippen molar-refractivity contribution in [2.75, 3.05) is 11.5 Å². The van der Waals surface area contributed by atoms with Gasteiger partial charge in [0.15, 0.2) is 0 Å². The molecule has 1 fully saturated rings. The van der Waals surface area contributed by atoms with Crippen molar-refractivity contribution in [3.8, 4) is 0 Å². The molecule has 2 rings (SSSR count). The van der Waals surface area contributed by atoms with Gasteiger partial charge in [-0.15, -0.1) is 0 Å². The third kappa shape index (κ3) is 2.22. The predicted molar refractivity (Wildman–Crippen MR) is 67.7 cm³/mol. The average molecular weight is 269 g/mol. The number of aromatic nitrogens is 2. The lowest BCUT2D eigenvalue weighted by Crippen LogP contribution is -2.55. The van der Waals surface area contributed by atoms with Gasteiger partial charge in [-0.05, 0) is 25.2 Å². The number of thioether (sulfide) groups is 1. The number of carboxylic acids is 1. The number of hydrogen-bond acceptors (Lipinski definition) is 4. The van der Waals surface area contributed by atoms with Gasteiger partial charge >= 0.3 is 5.97 Å². The van der Waals surface area contributed by atoms with Crippen LogP contribution >= 0.6 is 11.8 Å². The maximum atomic E-state index is 12.1. The molecule has 7 heteroatoms. The van der Waals surface area contributed by atoms with Gasteiger partial charge in [-0.3, -0.25) is 9.48 Å². The number of carboxylic acid groups (broad SMARTS) is 1. The zero-order valence-electron chi connectivity index (χ0n) is 10.3. The van der Waals surface area contributed by atoms with Gasteiger partial charge in [-0.1, -0.05) is 0 Å². The van der Waals surface area contributed by atoms with Gasteiger partial charge in [-0.25, -0.2) is 4.79 Å². The minimum absolute atomic E-state index is 0.380. The van der Waals surface area contributed by atoms with Crippen molar-refractivity contribution in [3.63, 3.8) is 0 Å². The van der Waals surface area contributed by atoms with Crippen LogP contribution in [0.25, 0.3) is 0 Å². The fraction of sp³-hybridized carbons (Fsp3) is 0.545. The second kappa shape index (κ2) is 4.64. The van der Waals surface area contributed by atoms with Crippen LogP contribution in [-0.4, -0.2) is 43.8 Å². The largest absolute Gasteiger partial charge is 0.479 e. The van der Waals surface area contributed by atoms with Crippen LogP contribution in [0.4, 0.5) is 0 Å². The van der Waals surface area contributed by atoms with E-state index in [2.05, 4.69) is 10.4 Å². The van der Waals surface area contributed by atoms with Crippen LogP contribution < -0.4 is 5.32 Å². The highest BCUT2D eigenvalue weighted by Gasteiger charge is 2.43. The summed E-state index contributed by atoms with van der Waals surface area (Å²) in [5.74, 6) is -0.204. The van der Waals surface area contributed by atoms with Crippen molar-refractivity contribution in [2.24, 2.45) is 7.05 Å². The fourth-order valence-corrected chi connectivity index (χ4v) is 3.32. The van der Waals surface area contributed by atoms with E-state index < -0.39 is 11.5 Å². The fourth-order valence-electron chi connectivity index (χ4n) is 1.99. The molecule has 1 unspecified atom stereocenters. The summed E-state index contributed by atoms with van der Waals surface area (Å²) in [5, 5.41) is 16.0. The molecule has 1 aliphatic rings. The molecule has 0 spiro atoms. The smallest absolute Gasteiger partial charge is 0.330 e. The first-order chi connectivity index (χ1) is 8.44. The van der Waals surface area contributed by atoms with Crippen molar-refractivity contribution >= 4 is 23.6 Å². The molecule has 0 bridgehead atoms. The summed E-state index contributed by atoms with van der Waals surface area (Å²) < 4.78 is 1.46. The average Bonchev–Trinajstić information content (AvgIpc) is 2.86. The number of nitrogens with zero attached hydrogens (tertiary/aromatic N) is 2. The summed E-state index contributed by atoms with van der Waals surface area (Å²) in [4.78, 5) is 23.4. The zero-order chi connectivity index (χ0) is 13.3. The van der Waals surface area contributed by atoms with E-state index in [9.17, 15) is 14.7 Å². The molecule has 1 aliphatic heterocycles. The quantitative estimate of drug-likeness (QED) is 0.830. The number of nitrogens with one attached hydrogen (secondary N) is 1. The zero-order valence-corrected chi connectivity index (χ0v) is 11.1. The van der Waals surface area contributed by atoms with Crippen molar-refractivity contribution in [2.45, 2.75) is 18.9 Å². The van der Waals surface area contributed by atoms with Gasteiger partial charge in [0.25, 0.3) is 5.91 Å². The molecular weight excluding hydrogens is 254 g/mol. The summed E-state index contributed by atoms with van der Waals surface area (Å²) in [5.41, 5.74) is -0.0298. The van der Waals surface area contributed by atoms with E-state index in [1.807, 2.05) is 0 Å². The Morgan fingerprint density at radius 1 is 1.61 bits per heavy atom. The number of amides is 1. The molecule has 0 aromatic carbocycles. The molecule has 1 atom stereocenters. The second-order valence-corrected chi connectivity index (χ2v) is 5.54. The molecule has 98 valence electrons. The molecule has 0 saturated carbocycles. The summed E-state index contributed by atoms with van der Waals surface area (Å²) in [6.45, 7) is 1.79. The molecule has 1 saturated heterocycles. The van der Waals surface area contributed by atoms with Crippen LogP contribution in [0.3, 0.4) is 0 Å². The van der Waals surface area contributed by atoms with E-state index in [4.69, 9.17) is 0 Å². The SMILES string of the molecule is Cc1cc(C(=O)NC2(C(=O)O)CCSC2)n(C)n1. The van der Waals surface area contributed by atoms with Crippen LogP contribution in [0.1, 0.15) is 22.6 Å². The number of carbonyl (C=O) groups is 2. The first-order valence-electron chi connectivity index (χ1n) is 5.59. The highest BCUT2D eigenvalue weighted by Crippen LogP contribution is 2.28. The molecule has 2 heterocycles. The van der Waals surface area contributed by atoms with Gasteiger partial charge in [-0.2, -0.15) is 16.9 Å². The molecule has 1 aromatic heterocycles. The van der Waals surface area contributed by atoms with E-state index in [0.29, 0.717) is 17.9 Å². The van der Waals surface area contributed by atoms with Crippen molar-refractivity contribution in [3.05, 3.63) is 17.5 Å². The van der Waals surface area contributed by atoms with Crippen molar-refractivity contribution in [1.82, 2.24) is 15.1 Å². The van der Waals surface area contributed by atoms with Crippen LogP contribution in [0, 0.1) is 6.92 Å². The Balaban J connectivity index is 2.20. The van der Waals surface area contributed by atoms with E-state index in [-0.39, 0.29) is 5.91 Å². The Labute approximate surface area is 109 Å². The standard InChI is InChI=1S/C11H15N3O3S/c1-7-5-8(14(2)13-7)9(15)12-11(10(16)17)3-4-18-6-11/h5H,3-4,6H2,1-2H3,(H,12,15)(H,16,17). The van der Waals surface area contributed by atoms with E-state index in [1.165, 1.54) is 16.4 Å². The minimum Gasteiger partial charge on any atom is -0.479 e. The molecule has 1 amide bonds. The maximum Gasteiger partial charge on any atom is 0.330 e. The summed E-state index contributed by atoms with van der Waals surface area (Å²) in [7, 11) is 1.67. The Bertz CT molecular complexity index is 492. The normalized spacial score (nSPS) is 23.0. The summed E-state index contributed by atoms with van der Waals surface area (Å²) in [6.07, 6.45) is 0.454. The highest BCUT2D eigenvalue weighted by molar-refractivity contribution is 7.99. The van der Waals surface area contributed by atoms with Gasteiger partial charge in [0, 0.05) is 12.8 Å². The first-order valence-corrected chi connectivity index (χ1v) is 6.74. The monoisotopic (exact) mass is 269 g/mol. The minimum atomic E-state index is -1.14. The Hall–Kier alpha value is -1.50. The van der Waals surface area contributed by atoms with Crippen molar-refractivity contribution in [1.29, 1.82) is 0 Å². The van der Waals surface area contributed by atoms with Crippen LogP contribution in [-0.2, 0) is 11.8 Å². The lowest BCUT2D eigenvalue weighted by Gasteiger charge is -2.24. The van der Waals surface area contributed by atoms with Crippen LogP contribution in [0.5, 0.6) is 0 Å². The Morgan fingerprint density at radius 3 is 2.78 bits per heavy atom. The van der Waals surface area contributed by atoms with Crippen LogP contribution in [0.2, 0.25) is 0 Å².